The van der Waals surface area contributed by atoms with Crippen molar-refractivity contribution in [1.29, 1.82) is 0 Å². The van der Waals surface area contributed by atoms with Gasteiger partial charge in [-0.3, -0.25) is 9.59 Å². The number of amides is 2. The minimum atomic E-state index is -4.46. The molecular weight excluding hydrogens is 293 g/mol. The maximum atomic E-state index is 12.1. The Hall–Kier alpha value is -1.70. The molecule has 0 aliphatic heterocycles. The molecule has 1 atom stereocenters. The third-order valence-electron chi connectivity index (χ3n) is 2.32. The molecule has 20 heavy (non-hydrogen) atoms. The fourth-order valence-electron chi connectivity index (χ4n) is 1.35. The van der Waals surface area contributed by atoms with E-state index in [1.54, 1.807) is 0 Å². The van der Waals surface area contributed by atoms with Crippen molar-refractivity contribution in [2.75, 3.05) is 12.4 Å². The Morgan fingerprint density at radius 2 is 1.75 bits per heavy atom. The molecule has 110 valence electrons. The molecule has 0 unspecified atom stereocenters. The van der Waals surface area contributed by atoms with Gasteiger partial charge in [0.25, 0.3) is 5.91 Å². The van der Waals surface area contributed by atoms with Crippen molar-refractivity contribution < 1.29 is 22.8 Å². The van der Waals surface area contributed by atoms with Crippen LogP contribution in [0.1, 0.15) is 17.3 Å². The molecule has 8 heteroatoms. The van der Waals surface area contributed by atoms with Crippen molar-refractivity contribution in [1.82, 2.24) is 5.32 Å². The lowest BCUT2D eigenvalue weighted by molar-refractivity contribution is -0.115. The van der Waals surface area contributed by atoms with E-state index in [4.69, 9.17) is 0 Å². The van der Waals surface area contributed by atoms with Crippen LogP contribution in [0.5, 0.6) is 0 Å². The van der Waals surface area contributed by atoms with E-state index in [1.165, 1.54) is 38.2 Å². The van der Waals surface area contributed by atoms with Gasteiger partial charge in [-0.25, -0.2) is 0 Å². The van der Waals surface area contributed by atoms with Crippen LogP contribution in [-0.4, -0.2) is 29.6 Å². The molecule has 0 radical (unpaired) electrons. The van der Waals surface area contributed by atoms with Crippen molar-refractivity contribution in [3.8, 4) is 0 Å². The number of carbonyl (C=O) groups excluding carboxylic acids is 2. The van der Waals surface area contributed by atoms with Gasteiger partial charge in [-0.15, -0.1) is 0 Å². The molecule has 1 aromatic carbocycles. The van der Waals surface area contributed by atoms with Crippen molar-refractivity contribution in [2.24, 2.45) is 0 Å². The average molecular weight is 306 g/mol. The van der Waals surface area contributed by atoms with Crippen molar-refractivity contribution in [2.45, 2.75) is 17.7 Å². The summed E-state index contributed by atoms with van der Waals surface area (Å²) in [6.45, 7) is 1.17. The maximum absolute atomic E-state index is 12.1. The van der Waals surface area contributed by atoms with E-state index in [0.717, 1.165) is 0 Å². The molecule has 1 aromatic rings. The van der Waals surface area contributed by atoms with Crippen molar-refractivity contribution in [3.05, 3.63) is 29.8 Å². The highest BCUT2D eigenvalue weighted by molar-refractivity contribution is 8.01. The van der Waals surface area contributed by atoms with E-state index < -0.39 is 16.7 Å². The Bertz CT molecular complexity index is 488. The summed E-state index contributed by atoms with van der Waals surface area (Å²) in [6.07, 6.45) is 0. The van der Waals surface area contributed by atoms with E-state index in [9.17, 15) is 22.8 Å². The van der Waals surface area contributed by atoms with Crippen LogP contribution in [0.4, 0.5) is 18.9 Å². The highest BCUT2D eigenvalue weighted by Crippen LogP contribution is 2.34. The van der Waals surface area contributed by atoms with Gasteiger partial charge in [-0.05, 0) is 43.0 Å². The number of anilines is 1. The number of nitrogens with one attached hydrogen (secondary N) is 2. The van der Waals surface area contributed by atoms with Crippen LogP contribution in [0.15, 0.2) is 24.3 Å². The van der Waals surface area contributed by atoms with Gasteiger partial charge in [0.1, 0.15) is 0 Å². The van der Waals surface area contributed by atoms with E-state index in [2.05, 4.69) is 10.6 Å². The molecular formula is C12H13F3N2O2S. The zero-order chi connectivity index (χ0) is 15.3. The zero-order valence-electron chi connectivity index (χ0n) is 10.7. The van der Waals surface area contributed by atoms with Gasteiger partial charge in [0, 0.05) is 18.3 Å². The lowest BCUT2D eigenvalue weighted by Gasteiger charge is -2.13. The van der Waals surface area contributed by atoms with Gasteiger partial charge in [0.15, 0.2) is 0 Å². The van der Waals surface area contributed by atoms with Crippen LogP contribution in [0.25, 0.3) is 0 Å². The fourth-order valence-corrected chi connectivity index (χ4v) is 1.91. The van der Waals surface area contributed by atoms with Crippen LogP contribution in [0.2, 0.25) is 0 Å². The second-order valence-electron chi connectivity index (χ2n) is 3.85. The van der Waals surface area contributed by atoms with E-state index in [0.29, 0.717) is 11.3 Å². The Morgan fingerprint density at radius 1 is 1.20 bits per heavy atom. The molecule has 2 amide bonds. The summed E-state index contributed by atoms with van der Waals surface area (Å²) in [4.78, 5) is 22.8. The summed E-state index contributed by atoms with van der Waals surface area (Å²) in [5.74, 6) is -1.04. The summed E-state index contributed by atoms with van der Waals surface area (Å²) in [5, 5.41) is 3.53. The monoisotopic (exact) mass is 306 g/mol. The predicted molar refractivity (Wildman–Crippen MR) is 71.6 cm³/mol. The summed E-state index contributed by atoms with van der Waals surface area (Å²) in [6, 6.07) is 5.84. The number of thioether (sulfide) groups is 1. The Morgan fingerprint density at radius 3 is 2.20 bits per heavy atom. The molecule has 0 fully saturated rings. The van der Waals surface area contributed by atoms with Gasteiger partial charge in [0.2, 0.25) is 5.91 Å². The number of halogens is 3. The second-order valence-corrected chi connectivity index (χ2v) is 5.26. The molecule has 4 nitrogen and oxygen atoms in total. The lowest BCUT2D eigenvalue weighted by atomic mass is 10.2. The number of hydrogen-bond donors (Lipinski definition) is 2. The van der Waals surface area contributed by atoms with Crippen LogP contribution < -0.4 is 10.6 Å². The molecule has 1 rings (SSSR count). The van der Waals surface area contributed by atoms with Crippen LogP contribution in [-0.2, 0) is 4.79 Å². The third kappa shape index (κ3) is 5.12. The summed E-state index contributed by atoms with van der Waals surface area (Å²) in [7, 11) is 1.48. The van der Waals surface area contributed by atoms with Gasteiger partial charge in [-0.1, -0.05) is 0 Å². The fraction of sp³-hybridized carbons (Fsp3) is 0.333. The average Bonchev–Trinajstić information content (AvgIpc) is 2.36. The molecule has 0 saturated carbocycles. The third-order valence-corrected chi connectivity index (χ3v) is 3.16. The largest absolute Gasteiger partial charge is 0.442 e. The summed E-state index contributed by atoms with van der Waals surface area (Å²) < 4.78 is 36.4. The summed E-state index contributed by atoms with van der Waals surface area (Å²) >= 11 is -0.380. The van der Waals surface area contributed by atoms with Crippen LogP contribution in [0, 0.1) is 0 Å². The number of carbonyl (C=O) groups is 2. The minimum absolute atomic E-state index is 0.288. The maximum Gasteiger partial charge on any atom is 0.442 e. The van der Waals surface area contributed by atoms with E-state index >= 15 is 0 Å². The molecule has 0 saturated heterocycles. The summed E-state index contributed by atoms with van der Waals surface area (Å²) in [5.41, 5.74) is -3.74. The standard InChI is InChI=1S/C12H13F3N2O2S/c1-7(20-12(13,14)15)10(18)17-9-5-3-8(4-6-9)11(19)16-2/h3-7H,1-2H3,(H,16,19)(H,17,18)/t7-/m0/s1. The van der Waals surface area contributed by atoms with Gasteiger partial charge < -0.3 is 10.6 Å². The van der Waals surface area contributed by atoms with E-state index in [-0.39, 0.29) is 17.7 Å². The minimum Gasteiger partial charge on any atom is -0.355 e. The first-order chi connectivity index (χ1) is 9.23. The number of benzene rings is 1. The normalized spacial score (nSPS) is 12.7. The molecule has 0 aromatic heterocycles. The van der Waals surface area contributed by atoms with Gasteiger partial charge >= 0.3 is 5.51 Å². The first-order valence-electron chi connectivity index (χ1n) is 5.60. The number of alkyl halides is 3. The van der Waals surface area contributed by atoms with Gasteiger partial charge in [0.05, 0.1) is 5.25 Å². The Balaban J connectivity index is 2.65. The number of rotatable bonds is 4. The zero-order valence-corrected chi connectivity index (χ0v) is 11.6. The topological polar surface area (TPSA) is 58.2 Å². The SMILES string of the molecule is CNC(=O)c1ccc(NC(=O)[C@H](C)SC(F)(F)F)cc1. The van der Waals surface area contributed by atoms with Crippen LogP contribution in [0.3, 0.4) is 0 Å². The Labute approximate surface area is 118 Å². The lowest BCUT2D eigenvalue weighted by Crippen LogP contribution is -2.25. The molecule has 2 N–H and O–H groups in total. The highest BCUT2D eigenvalue weighted by atomic mass is 32.2. The Kier molecular flexibility index (Phi) is 5.43. The first-order valence-corrected chi connectivity index (χ1v) is 6.48. The molecule has 0 spiro atoms. The van der Waals surface area contributed by atoms with Gasteiger partial charge in [-0.2, -0.15) is 13.2 Å². The smallest absolute Gasteiger partial charge is 0.355 e. The highest BCUT2D eigenvalue weighted by Gasteiger charge is 2.34. The predicted octanol–water partition coefficient (Wildman–Crippen LogP) is 2.63. The van der Waals surface area contributed by atoms with Crippen molar-refractivity contribution >= 4 is 29.3 Å². The quantitative estimate of drug-likeness (QED) is 0.899. The van der Waals surface area contributed by atoms with Crippen LogP contribution >= 0.6 is 11.8 Å². The number of hydrogen-bond acceptors (Lipinski definition) is 3. The molecule has 0 heterocycles. The molecule has 0 aliphatic rings. The molecule has 0 aliphatic carbocycles. The molecule has 0 bridgehead atoms. The van der Waals surface area contributed by atoms with E-state index in [1.807, 2.05) is 0 Å². The first kappa shape index (κ1) is 16.4. The second kappa shape index (κ2) is 6.65. The van der Waals surface area contributed by atoms with Crippen molar-refractivity contribution in [3.63, 3.8) is 0 Å².